The molecule has 3 aromatic carbocycles. The fraction of sp³-hybridized carbons (Fsp3) is 0.222. The minimum Gasteiger partial charge on any atom is -0.493 e. The number of hydrogen-bond donors (Lipinski definition) is 1. The van der Waals surface area contributed by atoms with Crippen molar-refractivity contribution >= 4 is 23.6 Å². The van der Waals surface area contributed by atoms with E-state index in [-0.39, 0.29) is 5.91 Å². The van der Waals surface area contributed by atoms with E-state index in [2.05, 4.69) is 11.4 Å². The van der Waals surface area contributed by atoms with Gasteiger partial charge in [-0.2, -0.15) is 0 Å². The second-order valence-corrected chi connectivity index (χ2v) is 8.06. The molecule has 1 amide bonds. The fourth-order valence-corrected chi connectivity index (χ4v) is 3.36. The second kappa shape index (κ2) is 12.0. The molecule has 0 saturated heterocycles. The number of hydrogen-bond acceptors (Lipinski definition) is 4. The van der Waals surface area contributed by atoms with Crippen LogP contribution in [-0.2, 0) is 11.4 Å². The number of aryl methyl sites for hydroxylation is 2. The molecule has 6 heteroatoms. The van der Waals surface area contributed by atoms with E-state index in [4.69, 9.17) is 25.8 Å². The molecule has 3 aromatic rings. The molecule has 33 heavy (non-hydrogen) atoms. The summed E-state index contributed by atoms with van der Waals surface area (Å²) in [6.45, 7) is 5.27. The number of benzene rings is 3. The summed E-state index contributed by atoms with van der Waals surface area (Å²) in [6, 6.07) is 19.0. The van der Waals surface area contributed by atoms with E-state index in [9.17, 15) is 4.79 Å². The summed E-state index contributed by atoms with van der Waals surface area (Å²) in [5.74, 6) is 1.83. The van der Waals surface area contributed by atoms with E-state index in [0.717, 1.165) is 28.0 Å². The van der Waals surface area contributed by atoms with Crippen molar-refractivity contribution in [2.24, 2.45) is 0 Å². The van der Waals surface area contributed by atoms with Crippen molar-refractivity contribution in [2.45, 2.75) is 20.5 Å². The van der Waals surface area contributed by atoms with E-state index in [1.165, 1.54) is 6.08 Å². The summed E-state index contributed by atoms with van der Waals surface area (Å²) in [7, 11) is 1.58. The minimum atomic E-state index is -0.193. The van der Waals surface area contributed by atoms with Crippen LogP contribution in [0.5, 0.6) is 17.2 Å². The predicted octanol–water partition coefficient (Wildman–Crippen LogP) is 5.75. The third-order valence-electron chi connectivity index (χ3n) is 4.79. The summed E-state index contributed by atoms with van der Waals surface area (Å²) in [5.41, 5.74) is 4.12. The number of halogens is 1. The van der Waals surface area contributed by atoms with Crippen LogP contribution in [0.25, 0.3) is 6.08 Å². The topological polar surface area (TPSA) is 56.8 Å². The highest BCUT2D eigenvalue weighted by atomic mass is 35.5. The monoisotopic (exact) mass is 465 g/mol. The van der Waals surface area contributed by atoms with Crippen molar-refractivity contribution < 1.29 is 19.0 Å². The Morgan fingerprint density at radius 1 is 0.939 bits per heavy atom. The van der Waals surface area contributed by atoms with Crippen LogP contribution in [0.2, 0.25) is 5.02 Å². The minimum absolute atomic E-state index is 0.193. The fourth-order valence-electron chi connectivity index (χ4n) is 3.24. The third-order valence-corrected chi connectivity index (χ3v) is 5.04. The molecule has 0 spiro atoms. The SMILES string of the molecule is COc1cc(/C=C/C(=O)NCCOc2cc(C)cc(C)c2)ccc1OCc1ccc(Cl)cc1. The van der Waals surface area contributed by atoms with Crippen LogP contribution in [0, 0.1) is 13.8 Å². The Balaban J connectivity index is 1.48. The van der Waals surface area contributed by atoms with Gasteiger partial charge in [0, 0.05) is 11.1 Å². The number of ether oxygens (including phenoxy) is 3. The molecule has 0 aliphatic rings. The number of methoxy groups -OCH3 is 1. The van der Waals surface area contributed by atoms with E-state index in [1.807, 2.05) is 68.4 Å². The number of nitrogens with one attached hydrogen (secondary N) is 1. The smallest absolute Gasteiger partial charge is 0.244 e. The predicted molar refractivity (Wildman–Crippen MR) is 132 cm³/mol. The summed E-state index contributed by atoms with van der Waals surface area (Å²) in [6.07, 6.45) is 3.21. The number of rotatable bonds is 10. The summed E-state index contributed by atoms with van der Waals surface area (Å²) in [4.78, 5) is 12.1. The van der Waals surface area contributed by atoms with E-state index in [1.54, 1.807) is 13.2 Å². The molecule has 0 bridgehead atoms. The maximum atomic E-state index is 12.1. The highest BCUT2D eigenvalue weighted by Crippen LogP contribution is 2.29. The molecular formula is C27H28ClNO4. The quantitative estimate of drug-likeness (QED) is 0.306. The van der Waals surface area contributed by atoms with Gasteiger partial charge in [-0.25, -0.2) is 0 Å². The van der Waals surface area contributed by atoms with Gasteiger partial charge in [0.05, 0.1) is 13.7 Å². The Labute approximate surface area is 199 Å². The van der Waals surface area contributed by atoms with Gasteiger partial charge in [-0.1, -0.05) is 35.9 Å². The van der Waals surface area contributed by atoms with Gasteiger partial charge in [0.25, 0.3) is 0 Å². The summed E-state index contributed by atoms with van der Waals surface area (Å²) >= 11 is 5.92. The molecule has 172 valence electrons. The Kier molecular flexibility index (Phi) is 8.79. The van der Waals surface area contributed by atoms with Gasteiger partial charge < -0.3 is 19.5 Å². The van der Waals surface area contributed by atoms with Gasteiger partial charge in [-0.05, 0) is 78.6 Å². The lowest BCUT2D eigenvalue weighted by Crippen LogP contribution is -2.26. The zero-order valence-electron chi connectivity index (χ0n) is 19.1. The van der Waals surface area contributed by atoms with Crippen LogP contribution in [0.1, 0.15) is 22.3 Å². The molecule has 5 nitrogen and oxygen atoms in total. The molecule has 0 aliphatic carbocycles. The first kappa shape index (κ1) is 24.2. The average molecular weight is 466 g/mol. The Morgan fingerprint density at radius 3 is 2.36 bits per heavy atom. The van der Waals surface area contributed by atoms with Gasteiger partial charge in [0.1, 0.15) is 19.0 Å². The molecule has 0 fully saturated rings. The number of carbonyl (C=O) groups excluding carboxylic acids is 1. The zero-order chi connectivity index (χ0) is 23.6. The lowest BCUT2D eigenvalue weighted by Gasteiger charge is -2.11. The standard InChI is InChI=1S/C27H28ClNO4/c1-19-14-20(2)16-24(15-19)32-13-12-29-27(30)11-7-21-6-10-25(26(17-21)31-3)33-18-22-4-8-23(28)9-5-22/h4-11,14-17H,12-13,18H2,1-3H3,(H,29,30)/b11-7+. The third kappa shape index (κ3) is 7.88. The molecule has 0 atom stereocenters. The molecule has 0 unspecified atom stereocenters. The first-order chi connectivity index (χ1) is 15.9. The molecule has 0 radical (unpaired) electrons. The van der Waals surface area contributed by atoms with Crippen LogP contribution >= 0.6 is 11.6 Å². The van der Waals surface area contributed by atoms with Crippen molar-refractivity contribution in [2.75, 3.05) is 20.3 Å². The average Bonchev–Trinajstić information content (AvgIpc) is 2.79. The Morgan fingerprint density at radius 2 is 1.67 bits per heavy atom. The van der Waals surface area contributed by atoms with Gasteiger partial charge in [-0.3, -0.25) is 4.79 Å². The molecule has 0 aliphatic heterocycles. The molecule has 3 rings (SSSR count). The van der Waals surface area contributed by atoms with Crippen molar-refractivity contribution in [1.29, 1.82) is 0 Å². The van der Waals surface area contributed by atoms with Gasteiger partial charge in [0.15, 0.2) is 11.5 Å². The van der Waals surface area contributed by atoms with Crippen molar-refractivity contribution in [3.63, 3.8) is 0 Å². The van der Waals surface area contributed by atoms with E-state index < -0.39 is 0 Å². The maximum absolute atomic E-state index is 12.1. The molecule has 0 saturated carbocycles. The zero-order valence-corrected chi connectivity index (χ0v) is 19.8. The second-order valence-electron chi connectivity index (χ2n) is 7.62. The van der Waals surface area contributed by atoms with Crippen LogP contribution in [0.15, 0.2) is 66.7 Å². The summed E-state index contributed by atoms with van der Waals surface area (Å²) < 4.78 is 17.0. The van der Waals surface area contributed by atoms with Crippen molar-refractivity contribution in [1.82, 2.24) is 5.32 Å². The van der Waals surface area contributed by atoms with Crippen LogP contribution in [0.3, 0.4) is 0 Å². The van der Waals surface area contributed by atoms with Crippen LogP contribution in [0.4, 0.5) is 0 Å². The molecular weight excluding hydrogens is 438 g/mol. The first-order valence-corrected chi connectivity index (χ1v) is 11.0. The van der Waals surface area contributed by atoms with Crippen molar-refractivity contribution in [3.8, 4) is 17.2 Å². The van der Waals surface area contributed by atoms with Gasteiger partial charge in [0.2, 0.25) is 5.91 Å². The molecule has 0 aromatic heterocycles. The molecule has 0 heterocycles. The highest BCUT2D eigenvalue weighted by Gasteiger charge is 2.06. The summed E-state index contributed by atoms with van der Waals surface area (Å²) in [5, 5.41) is 3.50. The maximum Gasteiger partial charge on any atom is 0.244 e. The van der Waals surface area contributed by atoms with Crippen LogP contribution in [-0.4, -0.2) is 26.2 Å². The molecule has 1 N–H and O–H groups in total. The van der Waals surface area contributed by atoms with E-state index in [0.29, 0.717) is 36.3 Å². The first-order valence-electron chi connectivity index (χ1n) is 10.7. The Hall–Kier alpha value is -3.44. The van der Waals surface area contributed by atoms with Gasteiger partial charge >= 0.3 is 0 Å². The number of amides is 1. The lowest BCUT2D eigenvalue weighted by atomic mass is 10.1. The normalized spacial score (nSPS) is 10.8. The lowest BCUT2D eigenvalue weighted by molar-refractivity contribution is -0.116. The Bertz CT molecular complexity index is 1090. The largest absolute Gasteiger partial charge is 0.493 e. The van der Waals surface area contributed by atoms with E-state index >= 15 is 0 Å². The van der Waals surface area contributed by atoms with Crippen LogP contribution < -0.4 is 19.5 Å². The highest BCUT2D eigenvalue weighted by molar-refractivity contribution is 6.30. The van der Waals surface area contributed by atoms with Gasteiger partial charge in [-0.15, -0.1) is 0 Å². The number of carbonyl (C=O) groups is 1. The van der Waals surface area contributed by atoms with Crippen molar-refractivity contribution in [3.05, 3.63) is 94.0 Å².